The van der Waals surface area contributed by atoms with Crippen LogP contribution in [0.4, 0.5) is 0 Å². The van der Waals surface area contributed by atoms with E-state index in [0.717, 1.165) is 40.7 Å². The van der Waals surface area contributed by atoms with Gasteiger partial charge in [0.25, 0.3) is 5.91 Å². The topological polar surface area (TPSA) is 56.9 Å². The highest BCUT2D eigenvalue weighted by atomic mass is 16.7. The van der Waals surface area contributed by atoms with Gasteiger partial charge in [-0.3, -0.25) is 4.79 Å². The van der Waals surface area contributed by atoms with Gasteiger partial charge in [0.2, 0.25) is 6.79 Å². The highest BCUT2D eigenvalue weighted by Gasteiger charge is 2.22. The number of carbonyl (C=O) groups excluding carboxylic acids is 1. The first kappa shape index (κ1) is 19.7. The molecule has 0 unspecified atom stereocenters. The number of benzene rings is 2. The van der Waals surface area contributed by atoms with E-state index in [1.54, 1.807) is 4.90 Å². The number of rotatable bonds is 6. The second-order valence-corrected chi connectivity index (χ2v) is 8.23. The molecule has 3 heterocycles. The van der Waals surface area contributed by atoms with Crippen molar-refractivity contribution in [2.45, 2.75) is 19.8 Å². The summed E-state index contributed by atoms with van der Waals surface area (Å²) in [7, 11) is 0. The average Bonchev–Trinajstić information content (AvgIpc) is 3.54. The maximum Gasteiger partial charge on any atom is 0.253 e. The van der Waals surface area contributed by atoms with Gasteiger partial charge < -0.3 is 24.3 Å². The zero-order valence-electron chi connectivity index (χ0n) is 17.8. The molecule has 1 fully saturated rings. The van der Waals surface area contributed by atoms with Gasteiger partial charge in [0.1, 0.15) is 0 Å². The highest BCUT2D eigenvalue weighted by molar-refractivity contribution is 5.97. The molecule has 3 aromatic rings. The third kappa shape index (κ3) is 3.91. The molecule has 2 N–H and O–H groups in total. The Morgan fingerprint density at radius 3 is 2.61 bits per heavy atom. The first-order valence-corrected chi connectivity index (χ1v) is 11.0. The molecule has 6 heteroatoms. The number of nitrogens with zero attached hydrogens (tertiary/aromatic N) is 1. The molecular weight excluding hydrogens is 390 g/mol. The fraction of sp³-hybridized carbons (Fsp3) is 0.320. The Hall–Kier alpha value is -3.25. The summed E-state index contributed by atoms with van der Waals surface area (Å²) in [5.41, 5.74) is 4.59. The Labute approximate surface area is 182 Å². The molecule has 0 atom stereocenters. The van der Waals surface area contributed by atoms with Crippen LogP contribution in [0.15, 0.2) is 54.6 Å². The second kappa shape index (κ2) is 8.47. The summed E-state index contributed by atoms with van der Waals surface area (Å²) in [6.07, 6.45) is 2.59. The predicted octanol–water partition coefficient (Wildman–Crippen LogP) is 2.59. The van der Waals surface area contributed by atoms with E-state index < -0.39 is 0 Å². The van der Waals surface area contributed by atoms with E-state index in [1.807, 2.05) is 49.4 Å². The van der Waals surface area contributed by atoms with Crippen LogP contribution in [-0.4, -0.2) is 43.4 Å². The number of carbonyl (C=O) groups is 1. The number of likely N-dealkylation sites (tertiary alicyclic amines) is 1. The van der Waals surface area contributed by atoms with E-state index in [0.29, 0.717) is 12.1 Å². The van der Waals surface area contributed by atoms with Gasteiger partial charge in [0.05, 0.1) is 37.4 Å². The summed E-state index contributed by atoms with van der Waals surface area (Å²) >= 11 is 0. The Bertz CT molecular complexity index is 1080. The van der Waals surface area contributed by atoms with Crippen molar-refractivity contribution in [1.82, 2.24) is 9.88 Å². The van der Waals surface area contributed by atoms with Crippen LogP contribution in [0.3, 0.4) is 0 Å². The van der Waals surface area contributed by atoms with E-state index in [4.69, 9.17) is 9.47 Å². The molecule has 0 aliphatic carbocycles. The molecule has 0 saturated carbocycles. The number of hydrogen-bond donors (Lipinski definition) is 2. The molecule has 1 saturated heterocycles. The fourth-order valence-corrected chi connectivity index (χ4v) is 4.59. The standard InChI is InChI=1S/C25H27N3O3/c1-18-21(25(29)26-11-14-27-12-5-6-13-27)16-22(19-7-3-2-4-8-19)28(18)20-9-10-23-24(15-20)31-17-30-23/h2-4,7-10,15-16H,5-6,11-14,17H2,1H3,(H,26,29)/p+1. The lowest BCUT2D eigenvalue weighted by Crippen LogP contribution is -3.10. The van der Waals surface area contributed by atoms with Crippen LogP contribution < -0.4 is 19.7 Å². The number of fused-ring (bicyclic) bond motifs is 1. The molecular formula is C25H28N3O3+. The van der Waals surface area contributed by atoms with Gasteiger partial charge in [0, 0.05) is 30.3 Å². The number of amides is 1. The Kier molecular flexibility index (Phi) is 5.38. The van der Waals surface area contributed by atoms with Gasteiger partial charge in [-0.25, -0.2) is 0 Å². The lowest BCUT2D eigenvalue weighted by atomic mass is 10.1. The summed E-state index contributed by atoms with van der Waals surface area (Å²) in [6, 6.07) is 18.1. The van der Waals surface area contributed by atoms with E-state index in [-0.39, 0.29) is 12.7 Å². The van der Waals surface area contributed by atoms with Crippen molar-refractivity contribution in [2.75, 3.05) is 33.0 Å². The number of ether oxygens (including phenoxy) is 2. The van der Waals surface area contributed by atoms with Crippen LogP contribution in [0, 0.1) is 6.92 Å². The first-order chi connectivity index (χ1) is 15.2. The van der Waals surface area contributed by atoms with Gasteiger partial charge in [-0.1, -0.05) is 30.3 Å². The normalized spacial score (nSPS) is 15.4. The van der Waals surface area contributed by atoms with E-state index in [1.165, 1.54) is 25.9 Å². The first-order valence-electron chi connectivity index (χ1n) is 11.0. The van der Waals surface area contributed by atoms with Gasteiger partial charge in [-0.15, -0.1) is 0 Å². The van der Waals surface area contributed by atoms with Gasteiger partial charge in [0.15, 0.2) is 11.5 Å². The summed E-state index contributed by atoms with van der Waals surface area (Å²) in [5, 5.41) is 3.13. The zero-order valence-corrected chi connectivity index (χ0v) is 17.8. The van der Waals surface area contributed by atoms with Crippen LogP contribution in [0.1, 0.15) is 28.9 Å². The minimum atomic E-state index is -0.0206. The third-order valence-corrected chi connectivity index (χ3v) is 6.25. The molecule has 1 aromatic heterocycles. The third-order valence-electron chi connectivity index (χ3n) is 6.25. The molecule has 160 valence electrons. The van der Waals surface area contributed by atoms with Crippen LogP contribution in [-0.2, 0) is 0 Å². The van der Waals surface area contributed by atoms with Gasteiger partial charge in [-0.2, -0.15) is 0 Å². The number of aromatic nitrogens is 1. The van der Waals surface area contributed by atoms with Gasteiger partial charge in [-0.05, 0) is 30.7 Å². The van der Waals surface area contributed by atoms with E-state index in [2.05, 4.69) is 22.0 Å². The van der Waals surface area contributed by atoms with Gasteiger partial charge >= 0.3 is 0 Å². The summed E-state index contributed by atoms with van der Waals surface area (Å²) in [5.74, 6) is 1.45. The molecule has 0 radical (unpaired) electrons. The van der Waals surface area contributed by atoms with Crippen molar-refractivity contribution in [3.05, 3.63) is 65.9 Å². The van der Waals surface area contributed by atoms with E-state index >= 15 is 0 Å². The largest absolute Gasteiger partial charge is 0.454 e. The number of quaternary nitrogens is 1. The van der Waals surface area contributed by atoms with Crippen molar-refractivity contribution in [3.63, 3.8) is 0 Å². The van der Waals surface area contributed by atoms with Crippen molar-refractivity contribution >= 4 is 5.91 Å². The predicted molar refractivity (Wildman–Crippen MR) is 119 cm³/mol. The SMILES string of the molecule is Cc1c(C(=O)NCC[NH+]2CCCC2)cc(-c2ccccc2)n1-c1ccc2c(c1)OCO2. The average molecular weight is 419 g/mol. The van der Waals surface area contributed by atoms with Crippen molar-refractivity contribution in [3.8, 4) is 28.4 Å². The monoisotopic (exact) mass is 418 g/mol. The van der Waals surface area contributed by atoms with Crippen molar-refractivity contribution in [2.24, 2.45) is 0 Å². The highest BCUT2D eigenvalue weighted by Crippen LogP contribution is 2.36. The number of nitrogens with one attached hydrogen (secondary N) is 2. The molecule has 1 amide bonds. The molecule has 5 rings (SSSR count). The van der Waals surface area contributed by atoms with Crippen molar-refractivity contribution < 1.29 is 19.2 Å². The zero-order chi connectivity index (χ0) is 21.2. The summed E-state index contributed by atoms with van der Waals surface area (Å²) in [6.45, 7) is 6.35. The summed E-state index contributed by atoms with van der Waals surface area (Å²) in [4.78, 5) is 14.7. The van der Waals surface area contributed by atoms with Crippen molar-refractivity contribution in [1.29, 1.82) is 0 Å². The second-order valence-electron chi connectivity index (χ2n) is 8.23. The smallest absolute Gasteiger partial charge is 0.253 e. The fourth-order valence-electron chi connectivity index (χ4n) is 4.59. The molecule has 0 bridgehead atoms. The molecule has 2 aliphatic rings. The quantitative estimate of drug-likeness (QED) is 0.647. The molecule has 2 aliphatic heterocycles. The Morgan fingerprint density at radius 2 is 1.81 bits per heavy atom. The van der Waals surface area contributed by atoms with Crippen LogP contribution in [0.5, 0.6) is 11.5 Å². The van der Waals surface area contributed by atoms with Crippen LogP contribution in [0.25, 0.3) is 16.9 Å². The lowest BCUT2D eigenvalue weighted by Gasteiger charge is -2.14. The minimum Gasteiger partial charge on any atom is -0.454 e. The lowest BCUT2D eigenvalue weighted by molar-refractivity contribution is -0.886. The minimum absolute atomic E-state index is 0.0206. The van der Waals surface area contributed by atoms with Crippen LogP contribution in [0.2, 0.25) is 0 Å². The van der Waals surface area contributed by atoms with E-state index in [9.17, 15) is 4.79 Å². The molecule has 0 spiro atoms. The molecule has 6 nitrogen and oxygen atoms in total. The Morgan fingerprint density at radius 1 is 1.03 bits per heavy atom. The number of hydrogen-bond acceptors (Lipinski definition) is 3. The maximum atomic E-state index is 13.1. The summed E-state index contributed by atoms with van der Waals surface area (Å²) < 4.78 is 13.2. The van der Waals surface area contributed by atoms with Crippen LogP contribution >= 0.6 is 0 Å². The molecule has 31 heavy (non-hydrogen) atoms. The molecule has 2 aromatic carbocycles. The maximum absolute atomic E-state index is 13.1. The Balaban J connectivity index is 1.47.